The Morgan fingerprint density at radius 2 is 1.39 bits per heavy atom. The Hall–Kier alpha value is -1.63. The number of esters is 2. The van der Waals surface area contributed by atoms with E-state index in [9.17, 15) is 29.5 Å². The van der Waals surface area contributed by atoms with Crippen molar-refractivity contribution in [1.29, 1.82) is 0 Å². The van der Waals surface area contributed by atoms with E-state index >= 15 is 0 Å². The van der Waals surface area contributed by atoms with E-state index in [-0.39, 0.29) is 31.8 Å². The average Bonchev–Trinajstić information content (AvgIpc) is 3.10. The number of unbranched alkanes of at least 4 members (excludes halogenated alkanes) is 14. The van der Waals surface area contributed by atoms with Crippen LogP contribution in [-0.4, -0.2) is 81.0 Å². The summed E-state index contributed by atoms with van der Waals surface area (Å²) in [6.45, 7) is 5.67. The van der Waals surface area contributed by atoms with Gasteiger partial charge in [0, 0.05) is 25.2 Å². The van der Waals surface area contributed by atoms with Gasteiger partial charge >= 0.3 is 19.8 Å². The molecule has 1 heterocycles. The molecule has 0 radical (unpaired) electrons. The van der Waals surface area contributed by atoms with Gasteiger partial charge in [0.25, 0.3) is 0 Å². The standard InChI is InChI=1S/C41H75O12P/c1-4-5-18-24-34(42)28-29-38-36(37(43)30-41(46)53-38)25-20-16-17-22-27-40(45)52-35(32-51-54(47,48)49)31-50-39(44)26-21-15-13-11-9-7-6-8-10-12-14-19-23-33(2)3/h16,20,28-29,33-38,41-43,46H,4-15,17-19,21-27,30-32H2,1-3H3,(H2,47,48,49)/b20-16-,29-28+/t34-,35+,36-,37-,38+,41?/m0/s1. The van der Waals surface area contributed by atoms with E-state index in [1.807, 2.05) is 12.2 Å². The Kier molecular flexibility index (Phi) is 29.4. The summed E-state index contributed by atoms with van der Waals surface area (Å²) in [6.07, 6.45) is 23.8. The number of phosphoric ester groups is 1. The summed E-state index contributed by atoms with van der Waals surface area (Å²) in [6, 6.07) is 0. The molecular weight excluding hydrogens is 715 g/mol. The van der Waals surface area contributed by atoms with Gasteiger partial charge in [-0.05, 0) is 38.0 Å². The maximum atomic E-state index is 12.5. The van der Waals surface area contributed by atoms with Crippen molar-refractivity contribution < 1.29 is 58.0 Å². The zero-order chi connectivity index (χ0) is 40.0. The van der Waals surface area contributed by atoms with E-state index in [2.05, 4.69) is 25.3 Å². The van der Waals surface area contributed by atoms with Gasteiger partial charge in [-0.1, -0.05) is 141 Å². The van der Waals surface area contributed by atoms with Crippen molar-refractivity contribution in [2.75, 3.05) is 13.2 Å². The van der Waals surface area contributed by atoms with Crippen LogP contribution in [0, 0.1) is 11.8 Å². The highest BCUT2D eigenvalue weighted by Crippen LogP contribution is 2.36. The lowest BCUT2D eigenvalue weighted by atomic mass is 9.87. The monoisotopic (exact) mass is 790 g/mol. The second-order valence-corrected chi connectivity index (χ2v) is 16.6. The SMILES string of the molecule is CCCCC[C@H](O)/C=C/[C@H]1OC(O)C[C@H](O)[C@@H]1C/C=C\CCCC(=O)O[C@H](COC(=O)CCCCCCCCCCCCCCC(C)C)COP(=O)(O)O. The van der Waals surface area contributed by atoms with Crippen molar-refractivity contribution >= 4 is 19.8 Å². The molecule has 0 aromatic heterocycles. The van der Waals surface area contributed by atoms with E-state index in [4.69, 9.17) is 24.0 Å². The first-order chi connectivity index (χ1) is 25.8. The van der Waals surface area contributed by atoms with Crippen LogP contribution in [0.1, 0.15) is 168 Å². The Morgan fingerprint density at radius 3 is 2.00 bits per heavy atom. The predicted octanol–water partition coefficient (Wildman–Crippen LogP) is 8.37. The Bertz CT molecular complexity index is 1060. The van der Waals surface area contributed by atoms with Crippen LogP contribution < -0.4 is 0 Å². The average molecular weight is 791 g/mol. The molecule has 13 heteroatoms. The van der Waals surface area contributed by atoms with Gasteiger partial charge in [-0.15, -0.1) is 0 Å². The number of ether oxygens (including phenoxy) is 3. The summed E-state index contributed by atoms with van der Waals surface area (Å²) in [5, 5.41) is 30.8. The molecule has 0 bridgehead atoms. The first kappa shape index (κ1) is 50.4. The molecule has 1 unspecified atom stereocenters. The van der Waals surface area contributed by atoms with E-state index in [1.165, 1.54) is 57.8 Å². The zero-order valence-corrected chi connectivity index (χ0v) is 34.5. The molecule has 6 atom stereocenters. The minimum Gasteiger partial charge on any atom is -0.462 e. The fourth-order valence-corrected chi connectivity index (χ4v) is 6.84. The van der Waals surface area contributed by atoms with E-state index in [1.54, 1.807) is 12.2 Å². The van der Waals surface area contributed by atoms with Crippen LogP contribution in [0.25, 0.3) is 0 Å². The normalized spacial score (nSPS) is 20.5. The second kappa shape index (κ2) is 31.5. The van der Waals surface area contributed by atoms with Gasteiger partial charge in [-0.3, -0.25) is 14.1 Å². The summed E-state index contributed by atoms with van der Waals surface area (Å²) in [5.74, 6) is -0.594. The lowest BCUT2D eigenvalue weighted by molar-refractivity contribution is -0.199. The molecule has 54 heavy (non-hydrogen) atoms. The summed E-state index contributed by atoms with van der Waals surface area (Å²) >= 11 is 0. The number of aliphatic hydroxyl groups is 3. The molecule has 1 aliphatic heterocycles. The van der Waals surface area contributed by atoms with Gasteiger partial charge < -0.3 is 39.3 Å². The van der Waals surface area contributed by atoms with Gasteiger partial charge in [0.2, 0.25) is 0 Å². The van der Waals surface area contributed by atoms with Crippen LogP contribution >= 0.6 is 7.82 Å². The number of hydrogen-bond acceptors (Lipinski definition) is 10. The largest absolute Gasteiger partial charge is 0.469 e. The van der Waals surface area contributed by atoms with Crippen LogP contribution in [-0.2, 0) is 32.9 Å². The van der Waals surface area contributed by atoms with Crippen LogP contribution in [0.3, 0.4) is 0 Å². The number of carbonyl (C=O) groups excluding carboxylic acids is 2. The Morgan fingerprint density at radius 1 is 0.796 bits per heavy atom. The molecule has 1 saturated heterocycles. The molecule has 316 valence electrons. The minimum absolute atomic E-state index is 0.0196. The summed E-state index contributed by atoms with van der Waals surface area (Å²) in [4.78, 5) is 43.1. The number of hydrogen-bond donors (Lipinski definition) is 5. The van der Waals surface area contributed by atoms with Crippen LogP contribution in [0.2, 0.25) is 0 Å². The van der Waals surface area contributed by atoms with Crippen molar-refractivity contribution in [3.8, 4) is 0 Å². The van der Waals surface area contributed by atoms with Crippen molar-refractivity contribution in [3.05, 3.63) is 24.3 Å². The lowest BCUT2D eigenvalue weighted by Gasteiger charge is -2.36. The highest BCUT2D eigenvalue weighted by atomic mass is 31.2. The number of carbonyl (C=O) groups is 2. The minimum atomic E-state index is -4.83. The maximum absolute atomic E-state index is 12.5. The smallest absolute Gasteiger partial charge is 0.462 e. The molecule has 12 nitrogen and oxygen atoms in total. The van der Waals surface area contributed by atoms with Gasteiger partial charge in [0.05, 0.1) is 24.9 Å². The molecule has 0 aromatic carbocycles. The van der Waals surface area contributed by atoms with Gasteiger partial charge in [-0.2, -0.15) is 0 Å². The third-order valence-electron chi connectivity index (χ3n) is 9.70. The fraction of sp³-hybridized carbons (Fsp3) is 0.854. The van der Waals surface area contributed by atoms with Crippen molar-refractivity contribution in [3.63, 3.8) is 0 Å². The van der Waals surface area contributed by atoms with E-state index < -0.39 is 57.1 Å². The van der Waals surface area contributed by atoms with Crippen molar-refractivity contribution in [2.24, 2.45) is 11.8 Å². The quantitative estimate of drug-likeness (QED) is 0.0185. The van der Waals surface area contributed by atoms with Gasteiger partial charge in [-0.25, -0.2) is 4.57 Å². The molecule has 1 aliphatic rings. The summed E-state index contributed by atoms with van der Waals surface area (Å²) < 4.78 is 32.0. The second-order valence-electron chi connectivity index (χ2n) is 15.3. The van der Waals surface area contributed by atoms with Crippen LogP contribution in [0.5, 0.6) is 0 Å². The molecule has 1 rings (SSSR count). The maximum Gasteiger partial charge on any atom is 0.469 e. The molecule has 0 saturated carbocycles. The number of rotatable bonds is 33. The molecule has 0 aromatic rings. The third-order valence-corrected chi connectivity index (χ3v) is 10.2. The van der Waals surface area contributed by atoms with Crippen LogP contribution in [0.4, 0.5) is 0 Å². The van der Waals surface area contributed by atoms with E-state index in [0.29, 0.717) is 32.1 Å². The van der Waals surface area contributed by atoms with Crippen LogP contribution in [0.15, 0.2) is 24.3 Å². The highest BCUT2D eigenvalue weighted by Gasteiger charge is 2.35. The summed E-state index contributed by atoms with van der Waals surface area (Å²) in [5.41, 5.74) is 0. The van der Waals surface area contributed by atoms with Gasteiger partial charge in [0.1, 0.15) is 6.61 Å². The zero-order valence-electron chi connectivity index (χ0n) is 33.6. The molecule has 5 N–H and O–H groups in total. The topological polar surface area (TPSA) is 189 Å². The Balaban J connectivity index is 2.33. The summed E-state index contributed by atoms with van der Waals surface area (Å²) in [7, 11) is -4.83. The molecule has 1 fully saturated rings. The van der Waals surface area contributed by atoms with Gasteiger partial charge in [0.15, 0.2) is 12.4 Å². The predicted molar refractivity (Wildman–Crippen MR) is 210 cm³/mol. The van der Waals surface area contributed by atoms with E-state index in [0.717, 1.165) is 44.4 Å². The molecule has 0 amide bonds. The lowest BCUT2D eigenvalue weighted by Crippen LogP contribution is -2.43. The molecule has 0 spiro atoms. The van der Waals surface area contributed by atoms with Crippen molar-refractivity contribution in [2.45, 2.75) is 199 Å². The molecular formula is C41H75O12P. The molecule has 0 aliphatic carbocycles. The van der Waals surface area contributed by atoms with Crippen molar-refractivity contribution in [1.82, 2.24) is 0 Å². The third kappa shape index (κ3) is 28.7. The number of phosphoric acid groups is 1. The number of allylic oxidation sites excluding steroid dienone is 2. The fourth-order valence-electron chi connectivity index (χ4n) is 6.48. The Labute approximate surface area is 325 Å². The first-order valence-corrected chi connectivity index (χ1v) is 22.4. The number of aliphatic hydroxyl groups excluding tert-OH is 3. The first-order valence-electron chi connectivity index (χ1n) is 20.9. The highest BCUT2D eigenvalue weighted by molar-refractivity contribution is 7.46.